The number of aromatic nitrogens is 1. The molecule has 0 bridgehead atoms. The first kappa shape index (κ1) is 14.0. The maximum absolute atomic E-state index is 12.3. The van der Waals surface area contributed by atoms with Crippen LogP contribution in [-0.2, 0) is 4.74 Å². The van der Waals surface area contributed by atoms with Gasteiger partial charge in [-0.3, -0.25) is 4.79 Å². The van der Waals surface area contributed by atoms with Crippen LogP contribution in [-0.4, -0.2) is 42.1 Å². The standard InChI is InChI=1S/C12H17ClN4O2/c1-17(7-9-3-2-4-19-9)12(18)8-5-10(13)15-11(6-8)16-14/h5-6,9H,2-4,7,14H2,1H3,(H,15,16). The Morgan fingerprint density at radius 3 is 3.11 bits per heavy atom. The number of hydrazine groups is 1. The second-order valence-corrected chi connectivity index (χ2v) is 4.92. The quantitative estimate of drug-likeness (QED) is 0.494. The molecule has 3 N–H and O–H groups in total. The van der Waals surface area contributed by atoms with Crippen molar-refractivity contribution in [1.29, 1.82) is 0 Å². The van der Waals surface area contributed by atoms with E-state index in [0.717, 1.165) is 19.4 Å². The summed E-state index contributed by atoms with van der Waals surface area (Å²) in [5, 5.41) is 0.226. The molecule has 0 radical (unpaired) electrons. The second kappa shape index (κ2) is 6.18. The Balaban J connectivity index is 2.07. The Labute approximate surface area is 116 Å². The van der Waals surface area contributed by atoms with E-state index in [1.54, 1.807) is 18.0 Å². The molecule has 7 heteroatoms. The van der Waals surface area contributed by atoms with E-state index in [2.05, 4.69) is 10.4 Å². The molecular formula is C12H17ClN4O2. The highest BCUT2D eigenvalue weighted by molar-refractivity contribution is 6.29. The summed E-state index contributed by atoms with van der Waals surface area (Å²) in [6.45, 7) is 1.35. The van der Waals surface area contributed by atoms with Crippen LogP contribution in [0.15, 0.2) is 12.1 Å². The molecule has 1 atom stereocenters. The number of carbonyl (C=O) groups excluding carboxylic acids is 1. The van der Waals surface area contributed by atoms with Crippen molar-refractivity contribution >= 4 is 23.3 Å². The van der Waals surface area contributed by atoms with Crippen molar-refractivity contribution in [1.82, 2.24) is 9.88 Å². The van der Waals surface area contributed by atoms with Crippen LogP contribution in [0, 0.1) is 0 Å². The predicted octanol–water partition coefficient (Wildman–Crippen LogP) is 1.27. The number of hydrogen-bond donors (Lipinski definition) is 2. The normalized spacial score (nSPS) is 18.4. The number of pyridine rings is 1. The Bertz CT molecular complexity index is 463. The number of hydrogen-bond acceptors (Lipinski definition) is 5. The third-order valence-electron chi connectivity index (χ3n) is 3.04. The molecule has 0 aliphatic carbocycles. The summed E-state index contributed by atoms with van der Waals surface area (Å²) in [4.78, 5) is 17.8. The number of anilines is 1. The Morgan fingerprint density at radius 1 is 1.68 bits per heavy atom. The minimum Gasteiger partial charge on any atom is -0.376 e. The summed E-state index contributed by atoms with van der Waals surface area (Å²) >= 11 is 5.85. The molecule has 2 rings (SSSR count). The summed E-state index contributed by atoms with van der Waals surface area (Å²) in [5.74, 6) is 5.51. The number of nitrogens with one attached hydrogen (secondary N) is 1. The van der Waals surface area contributed by atoms with Crippen molar-refractivity contribution in [2.75, 3.05) is 25.6 Å². The summed E-state index contributed by atoms with van der Waals surface area (Å²) in [6, 6.07) is 3.09. The summed E-state index contributed by atoms with van der Waals surface area (Å²) in [7, 11) is 1.74. The first-order valence-corrected chi connectivity index (χ1v) is 6.49. The van der Waals surface area contributed by atoms with Gasteiger partial charge >= 0.3 is 0 Å². The lowest BCUT2D eigenvalue weighted by atomic mass is 10.2. The van der Waals surface area contributed by atoms with Gasteiger partial charge in [0.1, 0.15) is 11.0 Å². The zero-order chi connectivity index (χ0) is 13.8. The number of carbonyl (C=O) groups is 1. The van der Waals surface area contributed by atoms with Crippen LogP contribution in [0.3, 0.4) is 0 Å². The second-order valence-electron chi connectivity index (χ2n) is 4.53. The average Bonchev–Trinajstić information content (AvgIpc) is 2.89. The van der Waals surface area contributed by atoms with Gasteiger partial charge in [-0.05, 0) is 25.0 Å². The van der Waals surface area contributed by atoms with Crippen LogP contribution in [0.5, 0.6) is 0 Å². The summed E-state index contributed by atoms with van der Waals surface area (Å²) < 4.78 is 5.51. The van der Waals surface area contributed by atoms with Gasteiger partial charge in [0.2, 0.25) is 0 Å². The first-order chi connectivity index (χ1) is 9.10. The molecule has 0 aromatic carbocycles. The van der Waals surface area contributed by atoms with Gasteiger partial charge in [-0.1, -0.05) is 11.6 Å². The highest BCUT2D eigenvalue weighted by Crippen LogP contribution is 2.17. The van der Waals surface area contributed by atoms with E-state index < -0.39 is 0 Å². The lowest BCUT2D eigenvalue weighted by Gasteiger charge is -2.21. The maximum atomic E-state index is 12.3. The van der Waals surface area contributed by atoms with E-state index in [9.17, 15) is 4.79 Å². The summed E-state index contributed by atoms with van der Waals surface area (Å²) in [5.41, 5.74) is 2.84. The van der Waals surface area contributed by atoms with E-state index >= 15 is 0 Å². The van der Waals surface area contributed by atoms with Crippen molar-refractivity contribution < 1.29 is 9.53 Å². The SMILES string of the molecule is CN(CC1CCCO1)C(=O)c1cc(Cl)nc(NN)c1. The smallest absolute Gasteiger partial charge is 0.253 e. The van der Waals surface area contributed by atoms with Crippen molar-refractivity contribution in [3.05, 3.63) is 22.8 Å². The summed E-state index contributed by atoms with van der Waals surface area (Å²) in [6.07, 6.45) is 2.16. The monoisotopic (exact) mass is 284 g/mol. The molecule has 1 amide bonds. The van der Waals surface area contributed by atoms with Gasteiger partial charge in [-0.2, -0.15) is 0 Å². The molecule has 0 spiro atoms. The number of nitrogens with zero attached hydrogens (tertiary/aromatic N) is 2. The van der Waals surface area contributed by atoms with Gasteiger partial charge in [-0.25, -0.2) is 10.8 Å². The fourth-order valence-corrected chi connectivity index (χ4v) is 2.30. The Hall–Kier alpha value is -1.37. The lowest BCUT2D eigenvalue weighted by Crippen LogP contribution is -2.34. The van der Waals surface area contributed by atoms with Crippen LogP contribution in [0.1, 0.15) is 23.2 Å². The number of amides is 1. The van der Waals surface area contributed by atoms with Gasteiger partial charge < -0.3 is 15.1 Å². The van der Waals surface area contributed by atoms with E-state index in [-0.39, 0.29) is 17.2 Å². The van der Waals surface area contributed by atoms with E-state index in [1.165, 1.54) is 6.07 Å². The molecule has 1 unspecified atom stereocenters. The number of nitrogens with two attached hydrogens (primary N) is 1. The third kappa shape index (κ3) is 3.56. The van der Waals surface area contributed by atoms with E-state index in [0.29, 0.717) is 17.9 Å². The topological polar surface area (TPSA) is 80.5 Å². The number of ether oxygens (including phenoxy) is 1. The lowest BCUT2D eigenvalue weighted by molar-refractivity contribution is 0.0587. The zero-order valence-electron chi connectivity index (χ0n) is 10.7. The van der Waals surface area contributed by atoms with Gasteiger partial charge in [-0.15, -0.1) is 0 Å². The molecule has 1 fully saturated rings. The zero-order valence-corrected chi connectivity index (χ0v) is 11.5. The highest BCUT2D eigenvalue weighted by atomic mass is 35.5. The highest BCUT2D eigenvalue weighted by Gasteiger charge is 2.21. The Morgan fingerprint density at radius 2 is 2.47 bits per heavy atom. The van der Waals surface area contributed by atoms with Crippen LogP contribution >= 0.6 is 11.6 Å². The largest absolute Gasteiger partial charge is 0.376 e. The number of rotatable bonds is 4. The average molecular weight is 285 g/mol. The van der Waals surface area contributed by atoms with Gasteiger partial charge in [0.15, 0.2) is 0 Å². The van der Waals surface area contributed by atoms with E-state index in [1.807, 2.05) is 0 Å². The molecule has 1 aliphatic heterocycles. The van der Waals surface area contributed by atoms with Crippen LogP contribution in [0.4, 0.5) is 5.82 Å². The molecule has 2 heterocycles. The fraction of sp³-hybridized carbons (Fsp3) is 0.500. The number of halogens is 1. The van der Waals surface area contributed by atoms with Gasteiger partial charge in [0.05, 0.1) is 6.10 Å². The molecule has 1 aromatic heterocycles. The molecule has 0 saturated carbocycles. The number of nitrogen functional groups attached to an aromatic ring is 1. The molecule has 6 nitrogen and oxygen atoms in total. The van der Waals surface area contributed by atoms with Crippen LogP contribution in [0.25, 0.3) is 0 Å². The van der Waals surface area contributed by atoms with Crippen LogP contribution in [0.2, 0.25) is 5.15 Å². The molecule has 104 valence electrons. The number of likely N-dealkylation sites (N-methyl/N-ethyl adjacent to an activating group) is 1. The molecule has 19 heavy (non-hydrogen) atoms. The minimum absolute atomic E-state index is 0.123. The molecule has 1 saturated heterocycles. The van der Waals surface area contributed by atoms with E-state index in [4.69, 9.17) is 22.2 Å². The molecule has 1 aliphatic rings. The van der Waals surface area contributed by atoms with Crippen molar-refractivity contribution in [3.63, 3.8) is 0 Å². The fourth-order valence-electron chi connectivity index (χ4n) is 2.09. The predicted molar refractivity (Wildman–Crippen MR) is 73.0 cm³/mol. The molecule has 1 aromatic rings. The molecular weight excluding hydrogens is 268 g/mol. The minimum atomic E-state index is -0.128. The van der Waals surface area contributed by atoms with Gasteiger partial charge in [0.25, 0.3) is 5.91 Å². The van der Waals surface area contributed by atoms with Crippen molar-refractivity contribution in [2.45, 2.75) is 18.9 Å². The third-order valence-corrected chi connectivity index (χ3v) is 3.23. The Kier molecular flexibility index (Phi) is 4.57. The van der Waals surface area contributed by atoms with Crippen LogP contribution < -0.4 is 11.3 Å². The first-order valence-electron chi connectivity index (χ1n) is 6.11. The maximum Gasteiger partial charge on any atom is 0.253 e. The van der Waals surface area contributed by atoms with Gasteiger partial charge in [0, 0.05) is 25.8 Å². The van der Waals surface area contributed by atoms with Crippen molar-refractivity contribution in [3.8, 4) is 0 Å². The van der Waals surface area contributed by atoms with Crippen molar-refractivity contribution in [2.24, 2.45) is 5.84 Å².